The van der Waals surface area contributed by atoms with Crippen LogP contribution >= 0.6 is 23.2 Å². The van der Waals surface area contributed by atoms with Crippen LogP contribution in [0.25, 0.3) is 0 Å². The number of alkyl halides is 2. The third-order valence-corrected chi connectivity index (χ3v) is 4.21. The topological polar surface area (TPSA) is 26.3 Å². The predicted molar refractivity (Wildman–Crippen MR) is 52.9 cm³/mol. The molecule has 4 heteroatoms. The Morgan fingerprint density at radius 3 is 2.08 bits per heavy atom. The number of rotatable bonds is 2. The van der Waals surface area contributed by atoms with E-state index in [2.05, 4.69) is 0 Å². The quantitative estimate of drug-likeness (QED) is 0.533. The van der Waals surface area contributed by atoms with Crippen molar-refractivity contribution in [2.24, 2.45) is 11.3 Å². The Labute approximate surface area is 88.5 Å². The highest BCUT2D eigenvalue weighted by Gasteiger charge is 2.72. The summed E-state index contributed by atoms with van der Waals surface area (Å²) in [6, 6.07) is 0. The molecule has 0 bridgehead atoms. The molecule has 2 atom stereocenters. The fourth-order valence-corrected chi connectivity index (χ4v) is 2.93. The molecule has 1 saturated carbocycles. The number of halogens is 2. The minimum Gasteiger partial charge on any atom is -0.462 e. The number of carbonyl (C=O) groups excluding carboxylic acids is 1. The van der Waals surface area contributed by atoms with Crippen molar-refractivity contribution in [3.63, 3.8) is 0 Å². The van der Waals surface area contributed by atoms with Gasteiger partial charge in [-0.25, -0.2) is 0 Å². The summed E-state index contributed by atoms with van der Waals surface area (Å²) in [4.78, 5) is 10.7. The smallest absolute Gasteiger partial charge is 0.302 e. The minimum absolute atomic E-state index is 0.0206. The van der Waals surface area contributed by atoms with Crippen LogP contribution in [-0.4, -0.2) is 16.4 Å². The normalized spacial score (nSPS) is 30.8. The second kappa shape index (κ2) is 3.03. The first-order valence-corrected chi connectivity index (χ1v) is 5.02. The molecule has 0 radical (unpaired) electrons. The van der Waals surface area contributed by atoms with Gasteiger partial charge in [0, 0.05) is 18.3 Å². The van der Waals surface area contributed by atoms with Gasteiger partial charge in [0.2, 0.25) is 0 Å². The maximum Gasteiger partial charge on any atom is 0.302 e. The van der Waals surface area contributed by atoms with Crippen molar-refractivity contribution in [1.29, 1.82) is 0 Å². The minimum atomic E-state index is -0.762. The van der Waals surface area contributed by atoms with Crippen LogP contribution in [0.5, 0.6) is 0 Å². The number of esters is 1. The number of carbonyl (C=O) groups is 1. The molecule has 13 heavy (non-hydrogen) atoms. The van der Waals surface area contributed by atoms with Crippen molar-refractivity contribution < 1.29 is 9.53 Å². The molecule has 0 aromatic carbocycles. The van der Waals surface area contributed by atoms with Crippen molar-refractivity contribution in [3.8, 4) is 0 Å². The van der Waals surface area contributed by atoms with Gasteiger partial charge in [-0.3, -0.25) is 4.79 Å². The van der Waals surface area contributed by atoms with E-state index in [4.69, 9.17) is 27.9 Å². The second-order valence-electron chi connectivity index (χ2n) is 4.14. The van der Waals surface area contributed by atoms with Crippen LogP contribution in [0.3, 0.4) is 0 Å². The van der Waals surface area contributed by atoms with E-state index in [1.54, 1.807) is 0 Å². The molecule has 2 nitrogen and oxygen atoms in total. The predicted octanol–water partition coefficient (Wildman–Crippen LogP) is 2.77. The first kappa shape index (κ1) is 11.1. The molecule has 1 aliphatic carbocycles. The Morgan fingerprint density at radius 1 is 1.46 bits per heavy atom. The zero-order valence-corrected chi connectivity index (χ0v) is 9.74. The van der Waals surface area contributed by atoms with E-state index in [-0.39, 0.29) is 23.4 Å². The summed E-state index contributed by atoms with van der Waals surface area (Å²) in [5.74, 6) is -0.272. The summed E-state index contributed by atoms with van der Waals surface area (Å²) < 4.78 is 4.28. The van der Waals surface area contributed by atoms with Gasteiger partial charge < -0.3 is 4.74 Å². The summed E-state index contributed by atoms with van der Waals surface area (Å²) in [6.07, 6.45) is -0.220. The lowest BCUT2D eigenvalue weighted by Crippen LogP contribution is -2.18. The van der Waals surface area contributed by atoms with Gasteiger partial charge in [-0.1, -0.05) is 13.8 Å². The molecule has 0 heterocycles. The zero-order valence-electron chi connectivity index (χ0n) is 8.23. The lowest BCUT2D eigenvalue weighted by atomic mass is 10.1. The van der Waals surface area contributed by atoms with Crippen LogP contribution in [-0.2, 0) is 9.53 Å². The Morgan fingerprint density at radius 2 is 1.85 bits per heavy atom. The van der Waals surface area contributed by atoms with E-state index < -0.39 is 4.33 Å². The monoisotopic (exact) mass is 224 g/mol. The first-order valence-electron chi connectivity index (χ1n) is 4.26. The molecule has 1 aliphatic rings. The number of hydrogen-bond acceptors (Lipinski definition) is 2. The molecule has 76 valence electrons. The largest absolute Gasteiger partial charge is 0.462 e. The van der Waals surface area contributed by atoms with E-state index in [9.17, 15) is 4.79 Å². The van der Waals surface area contributed by atoms with Crippen LogP contribution in [0, 0.1) is 11.3 Å². The van der Waals surface area contributed by atoms with Gasteiger partial charge in [0.1, 0.15) is 10.4 Å². The Hall–Kier alpha value is 0.0500. The Bertz CT molecular complexity index is 222. The van der Waals surface area contributed by atoms with Crippen LogP contribution in [0.2, 0.25) is 0 Å². The Kier molecular flexibility index (Phi) is 2.59. The van der Waals surface area contributed by atoms with Crippen molar-refractivity contribution in [1.82, 2.24) is 0 Å². The fourth-order valence-electron chi connectivity index (χ4n) is 1.91. The molecule has 0 aromatic rings. The third-order valence-electron chi connectivity index (χ3n) is 2.77. The van der Waals surface area contributed by atoms with Crippen molar-refractivity contribution in [2.45, 2.75) is 38.1 Å². The summed E-state index contributed by atoms with van der Waals surface area (Å²) in [6.45, 7) is 7.14. The van der Waals surface area contributed by atoms with Crippen LogP contribution in [0.4, 0.5) is 0 Å². The number of ether oxygens (including phenoxy) is 1. The second-order valence-corrected chi connectivity index (χ2v) is 5.52. The zero-order chi connectivity index (χ0) is 10.4. The lowest BCUT2D eigenvalue weighted by Gasteiger charge is -2.12. The van der Waals surface area contributed by atoms with E-state index in [1.165, 1.54) is 6.92 Å². The highest BCUT2D eigenvalue weighted by Crippen LogP contribution is 2.70. The van der Waals surface area contributed by atoms with Gasteiger partial charge in [-0.2, -0.15) is 0 Å². The molecule has 0 N–H and O–H groups in total. The molecule has 1 rings (SSSR count). The molecule has 2 unspecified atom stereocenters. The van der Waals surface area contributed by atoms with Crippen molar-refractivity contribution in [2.75, 3.05) is 0 Å². The summed E-state index contributed by atoms with van der Waals surface area (Å²) >= 11 is 12.1. The maximum absolute atomic E-state index is 10.7. The van der Waals surface area contributed by atoms with Crippen LogP contribution in [0.1, 0.15) is 27.7 Å². The average molecular weight is 225 g/mol. The van der Waals surface area contributed by atoms with Gasteiger partial charge in [0.25, 0.3) is 0 Å². The summed E-state index contributed by atoms with van der Waals surface area (Å²) in [5.41, 5.74) is -0.176. The molecule has 0 saturated heterocycles. The Balaban J connectivity index is 2.62. The van der Waals surface area contributed by atoms with E-state index in [0.29, 0.717) is 0 Å². The van der Waals surface area contributed by atoms with Crippen LogP contribution < -0.4 is 0 Å². The van der Waals surface area contributed by atoms with Crippen LogP contribution in [0.15, 0.2) is 0 Å². The first-order chi connectivity index (χ1) is 5.71. The highest BCUT2D eigenvalue weighted by atomic mass is 35.5. The van der Waals surface area contributed by atoms with Gasteiger partial charge in [0.05, 0.1) is 0 Å². The fraction of sp³-hybridized carbons (Fsp3) is 0.889. The van der Waals surface area contributed by atoms with Gasteiger partial charge in [-0.15, -0.1) is 23.2 Å². The third kappa shape index (κ3) is 1.66. The summed E-state index contributed by atoms with van der Waals surface area (Å²) in [7, 11) is 0. The average Bonchev–Trinajstić information content (AvgIpc) is 2.20. The molecular weight excluding hydrogens is 211 g/mol. The van der Waals surface area contributed by atoms with Gasteiger partial charge >= 0.3 is 5.97 Å². The van der Waals surface area contributed by atoms with Crippen molar-refractivity contribution in [3.05, 3.63) is 0 Å². The highest BCUT2D eigenvalue weighted by molar-refractivity contribution is 6.51. The van der Waals surface area contributed by atoms with Crippen molar-refractivity contribution >= 4 is 29.2 Å². The molecule has 0 aromatic heterocycles. The maximum atomic E-state index is 10.7. The van der Waals surface area contributed by atoms with Gasteiger partial charge in [0.15, 0.2) is 0 Å². The molecule has 0 aliphatic heterocycles. The SMILES string of the molecule is CC(=O)OC(C)C1C(C)(C)C1(Cl)Cl. The summed E-state index contributed by atoms with van der Waals surface area (Å²) in [5, 5.41) is 0. The lowest BCUT2D eigenvalue weighted by molar-refractivity contribution is -0.146. The number of hydrogen-bond donors (Lipinski definition) is 0. The van der Waals surface area contributed by atoms with E-state index >= 15 is 0 Å². The van der Waals surface area contributed by atoms with E-state index in [1.807, 2.05) is 20.8 Å². The molecule has 0 spiro atoms. The molecular formula is C9H14Cl2O2. The molecule has 0 amide bonds. The van der Waals surface area contributed by atoms with Gasteiger partial charge in [-0.05, 0) is 6.92 Å². The van der Waals surface area contributed by atoms with E-state index in [0.717, 1.165) is 0 Å². The molecule has 1 fully saturated rings. The standard InChI is InChI=1S/C9H14Cl2O2/c1-5(13-6(2)12)7-8(3,4)9(7,10)11/h5,7H,1-4H3.